The lowest BCUT2D eigenvalue weighted by Crippen LogP contribution is -2.32. The second-order valence-corrected chi connectivity index (χ2v) is 5.17. The highest BCUT2D eigenvalue weighted by atomic mass is 19.2. The van der Waals surface area contributed by atoms with Gasteiger partial charge < -0.3 is 5.73 Å². The molecule has 0 amide bonds. The van der Waals surface area contributed by atoms with E-state index in [-0.39, 0.29) is 11.0 Å². The Hall–Kier alpha value is -1.03. The van der Waals surface area contributed by atoms with Crippen LogP contribution in [-0.4, -0.2) is 0 Å². The molecule has 100 valence electrons. The monoisotopic (exact) mass is 257 g/mol. The van der Waals surface area contributed by atoms with Crippen molar-refractivity contribution in [2.45, 2.75) is 45.1 Å². The van der Waals surface area contributed by atoms with Gasteiger partial charge in [0.2, 0.25) is 0 Å². The molecule has 0 heterocycles. The van der Waals surface area contributed by atoms with E-state index in [1.54, 1.807) is 0 Å². The fourth-order valence-electron chi connectivity index (χ4n) is 3.07. The number of nitrogens with two attached hydrogens (primary N) is 1. The third-order valence-electron chi connectivity index (χ3n) is 4.36. The van der Waals surface area contributed by atoms with Gasteiger partial charge in [-0.1, -0.05) is 25.8 Å². The summed E-state index contributed by atoms with van der Waals surface area (Å²) >= 11 is 0. The van der Waals surface area contributed by atoms with Crippen LogP contribution in [-0.2, 0) is 0 Å². The second-order valence-electron chi connectivity index (χ2n) is 5.17. The molecule has 1 aliphatic rings. The van der Waals surface area contributed by atoms with Gasteiger partial charge in [0.25, 0.3) is 0 Å². The SMILES string of the molecule is CCC1(C(N)c2ccc(F)c(F)c2F)CCCC1. The molecular formula is C14H18F3N. The van der Waals surface area contributed by atoms with Crippen LogP contribution in [0.5, 0.6) is 0 Å². The summed E-state index contributed by atoms with van der Waals surface area (Å²) in [4.78, 5) is 0. The summed E-state index contributed by atoms with van der Waals surface area (Å²) in [5, 5.41) is 0. The molecule has 0 radical (unpaired) electrons. The Morgan fingerprint density at radius 1 is 1.17 bits per heavy atom. The van der Waals surface area contributed by atoms with Gasteiger partial charge in [-0.25, -0.2) is 13.2 Å². The highest BCUT2D eigenvalue weighted by Gasteiger charge is 2.40. The molecule has 1 aromatic rings. The minimum Gasteiger partial charge on any atom is -0.323 e. The predicted molar refractivity (Wildman–Crippen MR) is 64.4 cm³/mol. The molecule has 1 fully saturated rings. The van der Waals surface area contributed by atoms with Gasteiger partial charge >= 0.3 is 0 Å². The van der Waals surface area contributed by atoms with Crippen molar-refractivity contribution >= 4 is 0 Å². The van der Waals surface area contributed by atoms with E-state index >= 15 is 0 Å². The molecule has 1 atom stereocenters. The lowest BCUT2D eigenvalue weighted by Gasteiger charge is -2.34. The molecule has 2 rings (SSSR count). The van der Waals surface area contributed by atoms with Crippen LogP contribution < -0.4 is 5.73 Å². The van der Waals surface area contributed by atoms with Gasteiger partial charge in [-0.2, -0.15) is 0 Å². The molecule has 0 aliphatic heterocycles. The molecule has 0 spiro atoms. The van der Waals surface area contributed by atoms with Crippen LogP contribution in [0.2, 0.25) is 0 Å². The van der Waals surface area contributed by atoms with Crippen LogP contribution in [0.3, 0.4) is 0 Å². The Labute approximate surface area is 105 Å². The van der Waals surface area contributed by atoms with E-state index in [4.69, 9.17) is 5.73 Å². The molecule has 1 nitrogen and oxygen atoms in total. The first kappa shape index (κ1) is 13.4. The van der Waals surface area contributed by atoms with Gasteiger partial charge in [-0.15, -0.1) is 0 Å². The molecule has 4 heteroatoms. The molecule has 1 unspecified atom stereocenters. The number of halogens is 3. The fraction of sp³-hybridized carbons (Fsp3) is 0.571. The maximum absolute atomic E-state index is 13.8. The van der Waals surface area contributed by atoms with Crippen molar-refractivity contribution < 1.29 is 13.2 Å². The number of rotatable bonds is 3. The summed E-state index contributed by atoms with van der Waals surface area (Å²) in [5.74, 6) is -3.73. The van der Waals surface area contributed by atoms with Crippen LogP contribution in [0, 0.1) is 22.9 Å². The highest BCUT2D eigenvalue weighted by Crippen LogP contribution is 2.49. The predicted octanol–water partition coefficient (Wildman–Crippen LogP) is 4.07. The largest absolute Gasteiger partial charge is 0.323 e. The maximum Gasteiger partial charge on any atom is 0.194 e. The smallest absolute Gasteiger partial charge is 0.194 e. The first-order chi connectivity index (χ1) is 8.52. The average Bonchev–Trinajstić information content (AvgIpc) is 2.85. The van der Waals surface area contributed by atoms with Crippen molar-refractivity contribution in [1.82, 2.24) is 0 Å². The normalized spacial score (nSPS) is 20.1. The Balaban J connectivity index is 2.39. The van der Waals surface area contributed by atoms with E-state index in [9.17, 15) is 13.2 Å². The molecule has 0 saturated heterocycles. The zero-order valence-electron chi connectivity index (χ0n) is 10.5. The number of benzene rings is 1. The first-order valence-corrected chi connectivity index (χ1v) is 6.41. The van der Waals surface area contributed by atoms with Crippen LogP contribution in [0.1, 0.15) is 50.6 Å². The van der Waals surface area contributed by atoms with Crippen molar-refractivity contribution in [3.8, 4) is 0 Å². The first-order valence-electron chi connectivity index (χ1n) is 6.41. The Bertz CT molecular complexity index is 439. The minimum absolute atomic E-state index is 0.0950. The molecule has 1 aromatic carbocycles. The zero-order valence-corrected chi connectivity index (χ0v) is 10.5. The lowest BCUT2D eigenvalue weighted by molar-refractivity contribution is 0.216. The third-order valence-corrected chi connectivity index (χ3v) is 4.36. The lowest BCUT2D eigenvalue weighted by atomic mass is 9.74. The third kappa shape index (κ3) is 2.03. The zero-order chi connectivity index (χ0) is 13.3. The fourth-order valence-corrected chi connectivity index (χ4v) is 3.07. The summed E-state index contributed by atoms with van der Waals surface area (Å²) in [6, 6.07) is 1.65. The van der Waals surface area contributed by atoms with Crippen LogP contribution in [0.4, 0.5) is 13.2 Å². The summed E-state index contributed by atoms with van der Waals surface area (Å²) in [6.07, 6.45) is 4.79. The Morgan fingerprint density at radius 3 is 2.33 bits per heavy atom. The van der Waals surface area contributed by atoms with Gasteiger partial charge in [0.15, 0.2) is 17.5 Å². The Kier molecular flexibility index (Phi) is 3.66. The molecule has 1 saturated carbocycles. The van der Waals surface area contributed by atoms with E-state index in [1.165, 1.54) is 6.07 Å². The van der Waals surface area contributed by atoms with Gasteiger partial charge in [0.05, 0.1) is 0 Å². The van der Waals surface area contributed by atoms with Gasteiger partial charge in [0.1, 0.15) is 0 Å². The maximum atomic E-state index is 13.8. The Morgan fingerprint density at radius 2 is 1.78 bits per heavy atom. The molecule has 0 bridgehead atoms. The van der Waals surface area contributed by atoms with Gasteiger partial charge in [0, 0.05) is 11.6 Å². The summed E-state index contributed by atoms with van der Waals surface area (Å²) in [7, 11) is 0. The van der Waals surface area contributed by atoms with Crippen LogP contribution >= 0.6 is 0 Å². The summed E-state index contributed by atoms with van der Waals surface area (Å²) in [6.45, 7) is 2.02. The van der Waals surface area contributed by atoms with Crippen molar-refractivity contribution in [2.75, 3.05) is 0 Å². The second kappa shape index (κ2) is 4.92. The number of hydrogen-bond donors (Lipinski definition) is 1. The van der Waals surface area contributed by atoms with Crippen molar-refractivity contribution in [1.29, 1.82) is 0 Å². The molecular weight excluding hydrogens is 239 g/mol. The van der Waals surface area contributed by atoms with Gasteiger partial charge in [-0.3, -0.25) is 0 Å². The quantitative estimate of drug-likeness (QED) is 0.811. The minimum atomic E-state index is -1.42. The summed E-state index contributed by atoms with van der Waals surface area (Å²) < 4.78 is 40.0. The van der Waals surface area contributed by atoms with E-state index in [0.717, 1.165) is 38.2 Å². The topological polar surface area (TPSA) is 26.0 Å². The van der Waals surface area contributed by atoms with Gasteiger partial charge in [-0.05, 0) is 30.7 Å². The molecule has 18 heavy (non-hydrogen) atoms. The molecule has 1 aliphatic carbocycles. The number of hydrogen-bond acceptors (Lipinski definition) is 1. The highest BCUT2D eigenvalue weighted by molar-refractivity contribution is 5.25. The molecule has 2 N–H and O–H groups in total. The van der Waals surface area contributed by atoms with E-state index in [2.05, 4.69) is 0 Å². The van der Waals surface area contributed by atoms with Crippen LogP contribution in [0.25, 0.3) is 0 Å². The standard InChI is InChI=1S/C14H18F3N/c1-2-14(7-3-4-8-14)13(18)9-5-6-10(15)12(17)11(9)16/h5-6,13H,2-4,7-8,18H2,1H3. The van der Waals surface area contributed by atoms with E-state index < -0.39 is 23.5 Å². The van der Waals surface area contributed by atoms with E-state index in [1.807, 2.05) is 6.92 Å². The van der Waals surface area contributed by atoms with Crippen molar-refractivity contribution in [2.24, 2.45) is 11.1 Å². The molecule has 0 aromatic heterocycles. The average molecular weight is 257 g/mol. The summed E-state index contributed by atoms with van der Waals surface area (Å²) in [5.41, 5.74) is 6.06. The van der Waals surface area contributed by atoms with E-state index in [0.29, 0.717) is 0 Å². The van der Waals surface area contributed by atoms with Crippen molar-refractivity contribution in [3.63, 3.8) is 0 Å². The van der Waals surface area contributed by atoms with Crippen molar-refractivity contribution in [3.05, 3.63) is 35.1 Å². The van der Waals surface area contributed by atoms with Crippen LogP contribution in [0.15, 0.2) is 12.1 Å².